The van der Waals surface area contributed by atoms with Crippen molar-refractivity contribution in [3.05, 3.63) is 23.9 Å². The predicted octanol–water partition coefficient (Wildman–Crippen LogP) is 0.663. The van der Waals surface area contributed by atoms with Crippen molar-refractivity contribution >= 4 is 5.82 Å². The lowest BCUT2D eigenvalue weighted by Gasteiger charge is -2.37. The number of aliphatic hydroxyl groups is 1. The highest BCUT2D eigenvalue weighted by Gasteiger charge is 2.31. The summed E-state index contributed by atoms with van der Waals surface area (Å²) in [4.78, 5) is 6.13. The van der Waals surface area contributed by atoms with Crippen molar-refractivity contribution < 1.29 is 5.11 Å². The Kier molecular flexibility index (Phi) is 3.12. The highest BCUT2D eigenvalue weighted by atomic mass is 16.3. The van der Waals surface area contributed by atoms with Crippen molar-refractivity contribution in [2.24, 2.45) is 0 Å². The van der Waals surface area contributed by atoms with Crippen molar-refractivity contribution in [1.82, 2.24) is 9.88 Å². The van der Waals surface area contributed by atoms with Crippen molar-refractivity contribution in [2.75, 3.05) is 25.9 Å². The lowest BCUT2D eigenvalue weighted by Crippen LogP contribution is -2.47. The zero-order valence-corrected chi connectivity index (χ0v) is 9.69. The van der Waals surface area contributed by atoms with E-state index < -0.39 is 5.60 Å². The Bertz CT molecular complexity index is 369. The van der Waals surface area contributed by atoms with Crippen LogP contribution in [0.15, 0.2) is 18.3 Å². The van der Waals surface area contributed by atoms with E-state index in [4.69, 9.17) is 5.73 Å². The summed E-state index contributed by atoms with van der Waals surface area (Å²) < 4.78 is 0. The van der Waals surface area contributed by atoms with Gasteiger partial charge >= 0.3 is 0 Å². The molecule has 4 heteroatoms. The number of β-amino-alcohol motifs (C(OH)–C–C–N with tert-alkyl or cyclic N) is 1. The summed E-state index contributed by atoms with van der Waals surface area (Å²) in [6.45, 7) is 1.80. The maximum atomic E-state index is 10.5. The zero-order valence-electron chi connectivity index (χ0n) is 9.69. The van der Waals surface area contributed by atoms with E-state index in [0.29, 0.717) is 12.2 Å². The minimum Gasteiger partial charge on any atom is -0.388 e. The molecule has 0 saturated carbocycles. The average Bonchev–Trinajstić information content (AvgIpc) is 2.16. The number of likely N-dealkylation sites (tertiary alicyclic amines) is 1. The third-order valence-corrected chi connectivity index (χ3v) is 3.12. The van der Waals surface area contributed by atoms with Crippen molar-refractivity contribution in [3.63, 3.8) is 0 Å². The smallest absolute Gasteiger partial charge is 0.123 e. The fourth-order valence-corrected chi connectivity index (χ4v) is 2.47. The molecule has 2 rings (SSSR count). The number of nitrogens with two attached hydrogens (primary N) is 1. The van der Waals surface area contributed by atoms with Gasteiger partial charge in [0.05, 0.1) is 5.60 Å². The number of nitrogen functional groups attached to an aromatic ring is 1. The first-order chi connectivity index (χ1) is 7.57. The summed E-state index contributed by atoms with van der Waals surface area (Å²) in [5.41, 5.74) is 6.08. The van der Waals surface area contributed by atoms with Crippen LogP contribution in [0, 0.1) is 0 Å². The summed E-state index contributed by atoms with van der Waals surface area (Å²) in [7, 11) is 2.05. The number of hydrogen-bond acceptors (Lipinski definition) is 4. The second kappa shape index (κ2) is 4.39. The van der Waals surface area contributed by atoms with Crippen LogP contribution in [-0.4, -0.2) is 40.7 Å². The zero-order chi connectivity index (χ0) is 11.6. The molecule has 4 nitrogen and oxygen atoms in total. The molecule has 0 spiro atoms. The summed E-state index contributed by atoms with van der Waals surface area (Å²) in [5.74, 6) is 0.519. The number of rotatable bonds is 2. The number of likely N-dealkylation sites (N-methyl/N-ethyl adjacent to an activating group) is 1. The predicted molar refractivity (Wildman–Crippen MR) is 64.0 cm³/mol. The molecular formula is C12H19N3O. The van der Waals surface area contributed by atoms with Gasteiger partial charge in [0.15, 0.2) is 0 Å². The molecule has 0 amide bonds. The van der Waals surface area contributed by atoms with E-state index in [1.54, 1.807) is 6.20 Å². The van der Waals surface area contributed by atoms with Crippen LogP contribution in [0.5, 0.6) is 0 Å². The van der Waals surface area contributed by atoms with Crippen LogP contribution in [0.1, 0.15) is 18.4 Å². The minimum absolute atomic E-state index is 0.519. The van der Waals surface area contributed by atoms with Crippen LogP contribution in [0.25, 0.3) is 0 Å². The van der Waals surface area contributed by atoms with E-state index in [1.165, 1.54) is 0 Å². The lowest BCUT2D eigenvalue weighted by atomic mass is 9.87. The maximum Gasteiger partial charge on any atom is 0.123 e. The van der Waals surface area contributed by atoms with Gasteiger partial charge in [-0.05, 0) is 44.1 Å². The number of piperidine rings is 1. The van der Waals surface area contributed by atoms with E-state index in [-0.39, 0.29) is 0 Å². The Balaban J connectivity index is 2.08. The maximum absolute atomic E-state index is 10.5. The normalized spacial score (nSPS) is 26.9. The molecule has 16 heavy (non-hydrogen) atoms. The van der Waals surface area contributed by atoms with Crippen molar-refractivity contribution in [1.29, 1.82) is 0 Å². The average molecular weight is 221 g/mol. The van der Waals surface area contributed by atoms with Crippen molar-refractivity contribution in [2.45, 2.75) is 24.9 Å². The van der Waals surface area contributed by atoms with E-state index >= 15 is 0 Å². The Morgan fingerprint density at radius 3 is 3.12 bits per heavy atom. The van der Waals surface area contributed by atoms with Gasteiger partial charge < -0.3 is 15.7 Å². The van der Waals surface area contributed by atoms with Gasteiger partial charge in [-0.2, -0.15) is 0 Å². The van der Waals surface area contributed by atoms with E-state index in [9.17, 15) is 5.11 Å². The summed E-state index contributed by atoms with van der Waals surface area (Å²) >= 11 is 0. The van der Waals surface area contributed by atoms with Gasteiger partial charge in [-0.15, -0.1) is 0 Å². The van der Waals surface area contributed by atoms with Crippen LogP contribution < -0.4 is 5.73 Å². The van der Waals surface area contributed by atoms with Gasteiger partial charge in [0.1, 0.15) is 5.82 Å². The third kappa shape index (κ3) is 2.71. The molecule has 88 valence electrons. The number of nitrogens with zero attached hydrogens (tertiary/aromatic N) is 2. The first-order valence-corrected chi connectivity index (χ1v) is 5.69. The van der Waals surface area contributed by atoms with Gasteiger partial charge in [0.25, 0.3) is 0 Å². The molecule has 3 N–H and O–H groups in total. The van der Waals surface area contributed by atoms with E-state index in [0.717, 1.165) is 31.5 Å². The number of anilines is 1. The highest BCUT2D eigenvalue weighted by molar-refractivity contribution is 5.32. The molecule has 1 unspecified atom stereocenters. The molecule has 1 aromatic heterocycles. The molecule has 0 aromatic carbocycles. The number of hydrogen-bond donors (Lipinski definition) is 2. The molecule has 1 atom stereocenters. The largest absolute Gasteiger partial charge is 0.388 e. The fourth-order valence-electron chi connectivity index (χ4n) is 2.47. The van der Waals surface area contributed by atoms with E-state index in [2.05, 4.69) is 9.88 Å². The molecule has 2 heterocycles. The second-order valence-corrected chi connectivity index (χ2v) is 4.83. The van der Waals surface area contributed by atoms with Gasteiger partial charge in [-0.1, -0.05) is 0 Å². The van der Waals surface area contributed by atoms with Crippen LogP contribution in [0.4, 0.5) is 5.82 Å². The van der Waals surface area contributed by atoms with Crippen LogP contribution in [0.2, 0.25) is 0 Å². The lowest BCUT2D eigenvalue weighted by molar-refractivity contribution is -0.0223. The molecule has 1 aromatic rings. The molecule has 1 aliphatic rings. The summed E-state index contributed by atoms with van der Waals surface area (Å²) in [6, 6.07) is 3.76. The fraction of sp³-hybridized carbons (Fsp3) is 0.583. The Morgan fingerprint density at radius 1 is 1.62 bits per heavy atom. The second-order valence-electron chi connectivity index (χ2n) is 4.83. The molecule has 0 bridgehead atoms. The molecule has 1 fully saturated rings. The SMILES string of the molecule is CN1CCCC(O)(Cc2ccnc(N)c2)C1. The van der Waals surface area contributed by atoms with Gasteiger partial charge in [-0.25, -0.2) is 4.98 Å². The third-order valence-electron chi connectivity index (χ3n) is 3.12. The van der Waals surface area contributed by atoms with Crippen LogP contribution in [-0.2, 0) is 6.42 Å². The van der Waals surface area contributed by atoms with E-state index in [1.807, 2.05) is 19.2 Å². The summed E-state index contributed by atoms with van der Waals surface area (Å²) in [6.07, 6.45) is 4.26. The van der Waals surface area contributed by atoms with Gasteiger partial charge in [-0.3, -0.25) is 0 Å². The quantitative estimate of drug-likeness (QED) is 0.770. The Hall–Kier alpha value is -1.13. The minimum atomic E-state index is -0.610. The van der Waals surface area contributed by atoms with Crippen LogP contribution in [0.3, 0.4) is 0 Å². The van der Waals surface area contributed by atoms with Crippen LogP contribution >= 0.6 is 0 Å². The standard InChI is InChI=1S/C12H19N3O/c1-15-6-2-4-12(16,9-15)8-10-3-5-14-11(13)7-10/h3,5,7,16H,2,4,6,8-9H2,1H3,(H2,13,14). The van der Waals surface area contributed by atoms with Crippen molar-refractivity contribution in [3.8, 4) is 0 Å². The number of aromatic nitrogens is 1. The molecular weight excluding hydrogens is 202 g/mol. The highest BCUT2D eigenvalue weighted by Crippen LogP contribution is 2.24. The molecule has 1 aliphatic heterocycles. The molecule has 0 aliphatic carbocycles. The first kappa shape index (κ1) is 11.4. The number of pyridine rings is 1. The molecule has 0 radical (unpaired) electrons. The Morgan fingerprint density at radius 2 is 2.44 bits per heavy atom. The van der Waals surface area contributed by atoms with Gasteiger partial charge in [0, 0.05) is 19.2 Å². The monoisotopic (exact) mass is 221 g/mol. The summed E-state index contributed by atoms with van der Waals surface area (Å²) in [5, 5.41) is 10.5. The molecule has 1 saturated heterocycles. The Labute approximate surface area is 96.1 Å². The first-order valence-electron chi connectivity index (χ1n) is 5.69. The topological polar surface area (TPSA) is 62.4 Å². The van der Waals surface area contributed by atoms with Gasteiger partial charge in [0.2, 0.25) is 0 Å².